The van der Waals surface area contributed by atoms with Gasteiger partial charge in [-0.25, -0.2) is 9.37 Å². The van der Waals surface area contributed by atoms with E-state index in [0.717, 1.165) is 12.0 Å². The number of rotatable bonds is 7. The van der Waals surface area contributed by atoms with E-state index in [0.29, 0.717) is 12.5 Å². The lowest BCUT2D eigenvalue weighted by molar-refractivity contribution is 0.0942. The summed E-state index contributed by atoms with van der Waals surface area (Å²) in [5.41, 5.74) is 0.618. The van der Waals surface area contributed by atoms with E-state index in [-0.39, 0.29) is 39.8 Å². The molecule has 0 aliphatic heterocycles. The molecule has 0 spiro atoms. The Labute approximate surface area is 196 Å². The number of aromatic nitrogens is 2. The highest BCUT2D eigenvalue weighted by Crippen LogP contribution is 2.41. The number of nitrogens with one attached hydrogen (secondary N) is 1. The van der Waals surface area contributed by atoms with Gasteiger partial charge in [-0.2, -0.15) is 0 Å². The molecule has 1 aliphatic carbocycles. The van der Waals surface area contributed by atoms with Crippen LogP contribution in [-0.2, 0) is 7.05 Å². The van der Waals surface area contributed by atoms with E-state index in [1.54, 1.807) is 19.2 Å². The lowest BCUT2D eigenvalue weighted by Crippen LogP contribution is -2.46. The van der Waals surface area contributed by atoms with Gasteiger partial charge in [0.05, 0.1) is 0 Å². The molecule has 180 valence electrons. The van der Waals surface area contributed by atoms with Crippen molar-refractivity contribution in [1.82, 2.24) is 14.9 Å². The van der Waals surface area contributed by atoms with Gasteiger partial charge in [-0.1, -0.05) is 32.9 Å². The summed E-state index contributed by atoms with van der Waals surface area (Å²) in [5, 5.41) is 2.84. The third-order valence-electron chi connectivity index (χ3n) is 6.83. The first kappa shape index (κ1) is 24.9. The van der Waals surface area contributed by atoms with Gasteiger partial charge in [0.25, 0.3) is 19.8 Å². The zero-order chi connectivity index (χ0) is 24.7. The van der Waals surface area contributed by atoms with Crippen LogP contribution in [0.15, 0.2) is 29.1 Å². The number of carbonyl (C=O) groups excluding carboxylic acids is 1. The fourth-order valence-corrected chi connectivity index (χ4v) is 4.38. The van der Waals surface area contributed by atoms with Crippen LogP contribution in [0.25, 0.3) is 0 Å². The van der Waals surface area contributed by atoms with Gasteiger partial charge in [0.2, 0.25) is 11.7 Å². The molecule has 0 radical (unpaired) electrons. The minimum absolute atomic E-state index is 0.00817. The Morgan fingerprint density at radius 3 is 2.45 bits per heavy atom. The predicted octanol–water partition coefficient (Wildman–Crippen LogP) is 4.05. The van der Waals surface area contributed by atoms with Crippen molar-refractivity contribution >= 4 is 20.2 Å². The molecular formula is C24H35FN4O3Si. The third kappa shape index (κ3) is 5.13. The summed E-state index contributed by atoms with van der Waals surface area (Å²) >= 11 is 0. The summed E-state index contributed by atoms with van der Waals surface area (Å²) < 4.78 is 21.0. The van der Waals surface area contributed by atoms with E-state index in [1.807, 2.05) is 32.0 Å². The van der Waals surface area contributed by atoms with Gasteiger partial charge in [-0.05, 0) is 49.2 Å². The summed E-state index contributed by atoms with van der Waals surface area (Å²) in [5.74, 6) is -0.190. The Balaban J connectivity index is 1.96. The first-order valence-corrected chi connectivity index (χ1v) is 14.2. The molecular weight excluding hydrogens is 439 g/mol. The fourth-order valence-electron chi connectivity index (χ4n) is 3.38. The van der Waals surface area contributed by atoms with Crippen molar-refractivity contribution in [1.29, 1.82) is 0 Å². The maximum absolute atomic E-state index is 13.3. The van der Waals surface area contributed by atoms with Crippen LogP contribution in [0.5, 0.6) is 5.75 Å². The van der Waals surface area contributed by atoms with Crippen LogP contribution in [-0.4, -0.2) is 43.4 Å². The first-order valence-electron chi connectivity index (χ1n) is 11.3. The molecule has 2 atom stereocenters. The number of hydrogen-bond donors (Lipinski definition) is 1. The van der Waals surface area contributed by atoms with Crippen LogP contribution < -0.4 is 20.2 Å². The smallest absolute Gasteiger partial charge is 0.296 e. The third-order valence-corrected chi connectivity index (χ3v) is 11.2. The molecule has 2 unspecified atom stereocenters. The average molecular weight is 475 g/mol. The number of anilines is 1. The van der Waals surface area contributed by atoms with Gasteiger partial charge in [-0.15, -0.1) is 0 Å². The predicted molar refractivity (Wildman–Crippen MR) is 131 cm³/mol. The van der Waals surface area contributed by atoms with Crippen molar-refractivity contribution in [2.45, 2.75) is 64.2 Å². The number of carbonyl (C=O) groups is 1. The highest BCUT2D eigenvalue weighted by Gasteiger charge is 2.43. The van der Waals surface area contributed by atoms with Gasteiger partial charge in [0.1, 0.15) is 5.82 Å². The fraction of sp³-hybridized carbons (Fsp3) is 0.542. The molecule has 1 aromatic carbocycles. The van der Waals surface area contributed by atoms with E-state index in [4.69, 9.17) is 4.43 Å². The van der Waals surface area contributed by atoms with Gasteiger partial charge >= 0.3 is 0 Å². The topological polar surface area (TPSA) is 76.5 Å². The molecule has 1 aromatic heterocycles. The van der Waals surface area contributed by atoms with Crippen LogP contribution >= 0.6 is 0 Å². The highest BCUT2D eigenvalue weighted by atomic mass is 28.4. The molecule has 0 bridgehead atoms. The van der Waals surface area contributed by atoms with E-state index in [9.17, 15) is 14.0 Å². The quantitative estimate of drug-likeness (QED) is 0.613. The van der Waals surface area contributed by atoms with Crippen molar-refractivity contribution in [3.05, 3.63) is 51.7 Å². The van der Waals surface area contributed by atoms with Crippen LogP contribution in [0, 0.1) is 5.82 Å². The van der Waals surface area contributed by atoms with Gasteiger partial charge < -0.3 is 14.6 Å². The van der Waals surface area contributed by atoms with E-state index in [1.165, 1.54) is 16.7 Å². The number of benzene rings is 1. The maximum atomic E-state index is 13.3. The second-order valence-electron chi connectivity index (χ2n) is 10.3. The monoisotopic (exact) mass is 474 g/mol. The van der Waals surface area contributed by atoms with Gasteiger partial charge in [0, 0.05) is 32.6 Å². The second kappa shape index (κ2) is 8.93. The molecule has 1 amide bonds. The summed E-state index contributed by atoms with van der Waals surface area (Å²) in [4.78, 5) is 33.1. The Kier molecular flexibility index (Phi) is 6.75. The maximum Gasteiger partial charge on any atom is 0.296 e. The first-order chi connectivity index (χ1) is 15.3. The largest absolute Gasteiger partial charge is 0.538 e. The summed E-state index contributed by atoms with van der Waals surface area (Å²) in [6, 6.07) is 6.23. The summed E-state index contributed by atoms with van der Waals surface area (Å²) in [6.45, 7) is 12.9. The Hall–Kier alpha value is -2.68. The normalized spacial score (nSPS) is 18.1. The van der Waals surface area contributed by atoms with Crippen molar-refractivity contribution in [3.63, 3.8) is 0 Å². The lowest BCUT2D eigenvalue weighted by Gasteiger charge is -2.36. The Morgan fingerprint density at radius 1 is 1.30 bits per heavy atom. The summed E-state index contributed by atoms with van der Waals surface area (Å²) in [6.07, 6.45) is 0.752. The highest BCUT2D eigenvalue weighted by molar-refractivity contribution is 6.74. The van der Waals surface area contributed by atoms with Crippen LogP contribution in [0.3, 0.4) is 0 Å². The van der Waals surface area contributed by atoms with Crippen molar-refractivity contribution in [3.8, 4) is 5.75 Å². The van der Waals surface area contributed by atoms with Crippen LogP contribution in [0.4, 0.5) is 10.3 Å². The Bertz CT molecular complexity index is 1090. The van der Waals surface area contributed by atoms with Crippen molar-refractivity contribution in [2.75, 3.05) is 18.5 Å². The Morgan fingerprint density at radius 2 is 1.91 bits per heavy atom. The molecule has 1 fully saturated rings. The van der Waals surface area contributed by atoms with Gasteiger partial charge in [0.15, 0.2) is 5.69 Å². The van der Waals surface area contributed by atoms with Crippen molar-refractivity contribution < 1.29 is 13.6 Å². The molecule has 9 heteroatoms. The number of halogens is 1. The molecule has 33 heavy (non-hydrogen) atoms. The number of hydrogen-bond acceptors (Lipinski definition) is 5. The lowest BCUT2D eigenvalue weighted by atomic mass is 10.1. The molecule has 1 heterocycles. The molecule has 1 saturated carbocycles. The minimum Gasteiger partial charge on any atom is -0.538 e. The summed E-state index contributed by atoms with van der Waals surface area (Å²) in [7, 11) is 1.06. The standard InChI is InChI=1S/C24H35FN4O3Si/c1-9-28(5)23-27-19(20(22(31)29(23)6)32-33(7,8)24(2,3)4)21(30)26-18-14-17(18)15-10-12-16(25)13-11-15/h10-13,17-18H,9,14H2,1-8H3,(H,26,30). The van der Waals surface area contributed by atoms with Crippen LogP contribution in [0.2, 0.25) is 18.1 Å². The van der Waals surface area contributed by atoms with E-state index >= 15 is 0 Å². The molecule has 2 aromatic rings. The molecule has 1 aliphatic rings. The molecule has 7 nitrogen and oxygen atoms in total. The zero-order valence-electron chi connectivity index (χ0n) is 20.8. The van der Waals surface area contributed by atoms with Crippen molar-refractivity contribution in [2.24, 2.45) is 7.05 Å². The number of nitrogens with zero attached hydrogens (tertiary/aromatic N) is 3. The average Bonchev–Trinajstić information content (AvgIpc) is 3.49. The molecule has 0 saturated heterocycles. The number of amides is 1. The van der Waals surface area contributed by atoms with Crippen LogP contribution in [0.1, 0.15) is 56.1 Å². The minimum atomic E-state index is -2.41. The van der Waals surface area contributed by atoms with E-state index in [2.05, 4.69) is 31.1 Å². The van der Waals surface area contributed by atoms with Gasteiger partial charge in [-0.3, -0.25) is 14.2 Å². The zero-order valence-corrected chi connectivity index (χ0v) is 21.8. The van der Waals surface area contributed by atoms with E-state index < -0.39 is 14.2 Å². The second-order valence-corrected chi connectivity index (χ2v) is 15.0. The SMILES string of the molecule is CCN(C)c1nc(C(=O)NC2CC2c2ccc(F)cc2)c(O[Si](C)(C)C(C)(C)C)c(=O)n1C. The molecule has 1 N–H and O–H groups in total. The molecule has 3 rings (SSSR count).